The number of hydrogen-bond donors (Lipinski definition) is 1. The summed E-state index contributed by atoms with van der Waals surface area (Å²) in [4.78, 5) is 8.81. The third-order valence-corrected chi connectivity index (χ3v) is 26.4. The van der Waals surface area contributed by atoms with E-state index in [9.17, 15) is 0 Å². The maximum absolute atomic E-state index is 8.42. The highest BCUT2D eigenvalue weighted by Crippen LogP contribution is 2.55. The Morgan fingerprint density at radius 1 is 0.176 bits per heavy atom. The van der Waals surface area contributed by atoms with Crippen LogP contribution in [0.1, 0.15) is 0 Å². The minimum Gasteiger partial charge on any atom is -0.537 e. The Morgan fingerprint density at radius 2 is 0.426 bits per heavy atom. The van der Waals surface area contributed by atoms with Gasteiger partial charge in [0.15, 0.2) is 0 Å². The lowest BCUT2D eigenvalue weighted by molar-refractivity contribution is 0.454. The Labute approximate surface area is 801 Å². The van der Waals surface area contributed by atoms with Gasteiger partial charge in [-0.15, -0.1) is 0 Å². The van der Waals surface area contributed by atoms with Crippen molar-refractivity contribution in [2.75, 3.05) is 0 Å². The molecule has 0 unspecified atom stereocenters. The van der Waals surface area contributed by atoms with Gasteiger partial charge in [0, 0.05) is 33.7 Å². The number of rotatable bonds is 17. The van der Waals surface area contributed by atoms with Crippen LogP contribution in [0.5, 0.6) is 5.75 Å². The van der Waals surface area contributed by atoms with Crippen LogP contribution in [0.3, 0.4) is 0 Å². The molecule has 6 heteroatoms. The molecule has 22 aromatic carbocycles. The number of halogens is 1. The van der Waals surface area contributed by atoms with Crippen molar-refractivity contribution in [3.63, 3.8) is 0 Å². The second kappa shape index (κ2) is 38.4. The summed E-state index contributed by atoms with van der Waals surface area (Å²) in [6.45, 7) is 0. The van der Waals surface area contributed by atoms with Gasteiger partial charge in [-0.25, -0.2) is 0 Å². The summed E-state index contributed by atoms with van der Waals surface area (Å²) in [5.41, 5.74) is 37.8. The van der Waals surface area contributed by atoms with Gasteiger partial charge < -0.3 is 9.68 Å². The first-order valence-electron chi connectivity index (χ1n) is 46.0. The summed E-state index contributed by atoms with van der Waals surface area (Å²) in [6.07, 6.45) is 3.58. The van der Waals surface area contributed by atoms with Gasteiger partial charge in [-0.2, -0.15) is 0 Å². The predicted molar refractivity (Wildman–Crippen MR) is 578 cm³/mol. The molecule has 0 aliphatic heterocycles. The van der Waals surface area contributed by atoms with Crippen LogP contribution < -0.4 is 4.65 Å². The number of pyridine rings is 2. The van der Waals surface area contributed by atoms with E-state index in [2.05, 4.69) is 499 Å². The Kier molecular flexibility index (Phi) is 23.9. The lowest BCUT2D eigenvalue weighted by Gasteiger charge is -2.25. The van der Waals surface area contributed by atoms with E-state index in [4.69, 9.17) is 9.68 Å². The van der Waals surface area contributed by atoms with Gasteiger partial charge >= 0.3 is 7.69 Å². The largest absolute Gasteiger partial charge is 0.569 e. The first kappa shape index (κ1) is 84.5. The smallest absolute Gasteiger partial charge is 0.537 e. The third-order valence-electron chi connectivity index (χ3n) is 26.0. The molecular formula is C130H87BBrN2O2. The molecule has 136 heavy (non-hydrogen) atoms. The predicted octanol–water partition coefficient (Wildman–Crippen LogP) is 35.4. The van der Waals surface area contributed by atoms with E-state index in [1.165, 1.54) is 199 Å². The minimum atomic E-state index is 0.578. The van der Waals surface area contributed by atoms with Gasteiger partial charge in [0.05, 0.1) is 11.0 Å². The Bertz CT molecular complexity index is 8410. The van der Waals surface area contributed by atoms with E-state index in [-0.39, 0.29) is 0 Å². The van der Waals surface area contributed by atoms with Crippen LogP contribution in [0.2, 0.25) is 0 Å². The van der Waals surface area contributed by atoms with Crippen LogP contribution in [0, 0.1) is 0 Å². The first-order valence-corrected chi connectivity index (χ1v) is 46.8. The highest BCUT2D eigenvalue weighted by Gasteiger charge is 2.29. The number of fused-ring (bicyclic) bond motifs is 6. The van der Waals surface area contributed by atoms with E-state index < -0.39 is 0 Å². The highest BCUT2D eigenvalue weighted by molar-refractivity contribution is 9.10. The van der Waals surface area contributed by atoms with Gasteiger partial charge in [0.25, 0.3) is 0 Å². The lowest BCUT2D eigenvalue weighted by atomic mass is 9.78. The van der Waals surface area contributed by atoms with Crippen LogP contribution >= 0.6 is 15.9 Å². The molecule has 1 N–H and O–H groups in total. The number of benzene rings is 22. The highest BCUT2D eigenvalue weighted by atomic mass is 79.9. The van der Waals surface area contributed by atoms with Crippen molar-refractivity contribution in [3.8, 4) is 173 Å². The van der Waals surface area contributed by atoms with Crippen LogP contribution in [-0.2, 0) is 0 Å². The normalized spacial score (nSPS) is 11.2. The second-order valence-corrected chi connectivity index (χ2v) is 35.0. The van der Waals surface area contributed by atoms with Gasteiger partial charge in [0.2, 0.25) is 0 Å². The molecule has 24 aromatic rings. The SMILES string of the molecule is Brc1cccc(-c2c3ccccc3c(-c3cccc(-c4cc(-c5ccccc5)c(-c5ccccc5)c(-c5ccccc5)c4-c4ccccc4)c3)c3ccccc23)c1.O[B]Oc1ccc2cccnc2c1.c1ccc(-c2cc(-c3cccc(-c4c5ccccc5c(-c5cccc(-c6ccc7cccnc7c6)c5)c5ccccc45)c3)c(-c3ccccc3)c(-c3ccccc3)c2-c2ccccc2)cc1. The number of hydrogen-bond acceptors (Lipinski definition) is 4. The molecule has 0 aliphatic carbocycles. The average molecular weight is 1800 g/mol. The van der Waals surface area contributed by atoms with Crippen molar-refractivity contribution in [1.82, 2.24) is 9.97 Å². The molecule has 2 aromatic heterocycles. The summed E-state index contributed by atoms with van der Waals surface area (Å²) in [5, 5.41) is 20.5. The van der Waals surface area contributed by atoms with E-state index in [0.717, 1.165) is 37.4 Å². The molecular weight excluding hydrogens is 1710 g/mol. The Balaban J connectivity index is 0.000000140. The zero-order valence-corrected chi connectivity index (χ0v) is 75.9. The second-order valence-electron chi connectivity index (χ2n) is 34.0. The summed E-state index contributed by atoms with van der Waals surface area (Å²) < 4.78 is 5.88. The van der Waals surface area contributed by atoms with Crippen LogP contribution in [0.25, 0.3) is 232 Å². The molecule has 0 amide bonds. The summed E-state index contributed by atoms with van der Waals surface area (Å²) in [6, 6.07) is 184. The van der Waals surface area contributed by atoms with Crippen LogP contribution in [0.4, 0.5) is 0 Å². The fourth-order valence-electron chi connectivity index (χ4n) is 20.0. The van der Waals surface area contributed by atoms with E-state index in [1.807, 2.05) is 30.5 Å². The first-order chi connectivity index (χ1) is 67.4. The summed E-state index contributed by atoms with van der Waals surface area (Å²) in [5.74, 6) is 0.578. The van der Waals surface area contributed by atoms with Crippen molar-refractivity contribution in [3.05, 3.63) is 526 Å². The maximum atomic E-state index is 8.42. The maximum Gasteiger partial charge on any atom is 0.569 e. The van der Waals surface area contributed by atoms with Crippen molar-refractivity contribution >= 4 is 88.5 Å². The van der Waals surface area contributed by atoms with E-state index in [0.29, 0.717) is 13.4 Å². The fraction of sp³-hybridized carbons (Fsp3) is 0. The quantitative estimate of drug-likeness (QED) is 0.0729. The molecule has 0 atom stereocenters. The number of aromatic nitrogens is 2. The van der Waals surface area contributed by atoms with E-state index in [1.54, 1.807) is 18.3 Å². The zero-order chi connectivity index (χ0) is 91.0. The molecule has 0 saturated carbocycles. The van der Waals surface area contributed by atoms with Crippen molar-refractivity contribution in [2.24, 2.45) is 0 Å². The number of nitrogens with zero attached hydrogens (tertiary/aromatic N) is 2. The molecule has 24 rings (SSSR count). The van der Waals surface area contributed by atoms with Gasteiger partial charge in [-0.1, -0.05) is 447 Å². The Morgan fingerprint density at radius 3 is 0.757 bits per heavy atom. The molecule has 1 radical (unpaired) electrons. The van der Waals surface area contributed by atoms with Gasteiger partial charge in [0.1, 0.15) is 5.75 Å². The summed E-state index contributed by atoms with van der Waals surface area (Å²) >= 11 is 3.75. The summed E-state index contributed by atoms with van der Waals surface area (Å²) in [7, 11) is 0.657. The molecule has 4 nitrogen and oxygen atoms in total. The van der Waals surface area contributed by atoms with Gasteiger partial charge in [-0.05, 0) is 283 Å². The van der Waals surface area contributed by atoms with Gasteiger partial charge in [-0.3, -0.25) is 9.97 Å². The molecule has 0 saturated heterocycles. The minimum absolute atomic E-state index is 0.578. The van der Waals surface area contributed by atoms with Crippen molar-refractivity contribution < 1.29 is 9.68 Å². The zero-order valence-electron chi connectivity index (χ0n) is 74.4. The van der Waals surface area contributed by atoms with Crippen molar-refractivity contribution in [2.45, 2.75) is 0 Å². The molecule has 639 valence electrons. The molecule has 2 heterocycles. The van der Waals surface area contributed by atoms with Crippen molar-refractivity contribution in [1.29, 1.82) is 0 Å². The molecule has 0 aliphatic rings. The fourth-order valence-corrected chi connectivity index (χ4v) is 20.4. The molecule has 0 spiro atoms. The standard InChI is InChI=1S/C65H43N.C56H37Br.C9H7BNO2/c1-5-20-44(21-6-1)58-43-59(64(47-24-9-3-10-25-47)65(48-26-11-4-12-27-48)63(58)46-22-7-2-8-23-46)51-29-18-31-53(41-51)62-56-35-15-13-33-54(56)61(55-34-14-16-36-57(55)62)52-30-17-28-49(40-52)50-38-37-45-32-19-39-66-60(45)42-50;57-45-30-18-29-44(36-45)53-48-33-15-13-31-46(48)52(47-32-14-16-34-49(47)53)43-28-17-27-42(35-43)51-37-50(38-19-5-1-6-20-38)54(39-21-7-2-8-22-39)56(41-25-11-4-12-26-41)55(51)40-23-9-3-10-24-40;12-10-13-8-4-3-7-2-1-5-11-9(7)6-8/h1-43H;1-37H;1-6,12H. The Hall–Kier alpha value is -17.0. The third kappa shape index (κ3) is 16.8. The monoisotopic (exact) mass is 1800 g/mol. The van der Waals surface area contributed by atoms with Crippen LogP contribution in [-0.4, -0.2) is 22.7 Å². The molecule has 0 fully saturated rings. The van der Waals surface area contributed by atoms with E-state index >= 15 is 0 Å². The average Bonchev–Trinajstić information content (AvgIpc) is 0.734. The van der Waals surface area contributed by atoms with Crippen LogP contribution in [0.15, 0.2) is 526 Å². The lowest BCUT2D eigenvalue weighted by Crippen LogP contribution is -1.99. The molecule has 0 bridgehead atoms. The topological polar surface area (TPSA) is 55.2 Å².